The lowest BCUT2D eigenvalue weighted by molar-refractivity contribution is 0.102. The van der Waals surface area contributed by atoms with Gasteiger partial charge in [0.05, 0.1) is 13.2 Å². The molecule has 1 aromatic heterocycles. The van der Waals surface area contributed by atoms with Crippen molar-refractivity contribution in [3.05, 3.63) is 71.1 Å². The van der Waals surface area contributed by atoms with Crippen molar-refractivity contribution in [1.29, 1.82) is 0 Å². The highest BCUT2D eigenvalue weighted by Gasteiger charge is 2.14. The van der Waals surface area contributed by atoms with E-state index in [1.54, 1.807) is 6.07 Å². The number of nitrogens with zero attached hydrogens (tertiary/aromatic N) is 3. The molecule has 0 unspecified atom stereocenters. The second-order valence-electron chi connectivity index (χ2n) is 6.98. The molecule has 4 rings (SSSR count). The lowest BCUT2D eigenvalue weighted by Gasteiger charge is -2.29. The van der Waals surface area contributed by atoms with Crippen LogP contribution in [0.25, 0.3) is 0 Å². The second kappa shape index (κ2) is 9.11. The Morgan fingerprint density at radius 1 is 1.10 bits per heavy atom. The van der Waals surface area contributed by atoms with Crippen LogP contribution in [-0.2, 0) is 4.74 Å². The topological polar surface area (TPSA) is 79.4 Å². The first-order valence-corrected chi connectivity index (χ1v) is 10.1. The molecule has 154 valence electrons. The Kier molecular flexibility index (Phi) is 6.11. The molecule has 1 fully saturated rings. The van der Waals surface area contributed by atoms with E-state index in [4.69, 9.17) is 16.3 Å². The Morgan fingerprint density at radius 3 is 2.73 bits per heavy atom. The van der Waals surface area contributed by atoms with Gasteiger partial charge in [0.2, 0.25) is 0 Å². The molecule has 0 spiro atoms. The van der Waals surface area contributed by atoms with Crippen LogP contribution in [0.1, 0.15) is 15.9 Å². The van der Waals surface area contributed by atoms with Gasteiger partial charge in [-0.1, -0.05) is 23.7 Å². The summed E-state index contributed by atoms with van der Waals surface area (Å²) >= 11 is 5.93. The lowest BCUT2D eigenvalue weighted by Crippen LogP contribution is -2.36. The van der Waals surface area contributed by atoms with Crippen LogP contribution in [-0.4, -0.2) is 42.2 Å². The number of aromatic nitrogens is 2. The number of carbonyl (C=O) groups is 1. The zero-order valence-electron chi connectivity index (χ0n) is 16.6. The summed E-state index contributed by atoms with van der Waals surface area (Å²) in [4.78, 5) is 23.1. The summed E-state index contributed by atoms with van der Waals surface area (Å²) in [6, 6.07) is 15.0. The molecule has 0 aliphatic carbocycles. The quantitative estimate of drug-likeness (QED) is 0.596. The van der Waals surface area contributed by atoms with E-state index in [-0.39, 0.29) is 5.91 Å². The Morgan fingerprint density at radius 2 is 1.93 bits per heavy atom. The fraction of sp³-hybridized carbons (Fsp3) is 0.227. The zero-order valence-corrected chi connectivity index (χ0v) is 17.3. The molecule has 0 atom stereocenters. The molecule has 0 radical (unpaired) electrons. The van der Waals surface area contributed by atoms with Crippen molar-refractivity contribution < 1.29 is 9.53 Å². The van der Waals surface area contributed by atoms with Gasteiger partial charge in [-0.25, -0.2) is 9.97 Å². The Bertz CT molecular complexity index is 1050. The molecule has 1 amide bonds. The highest BCUT2D eigenvalue weighted by Crippen LogP contribution is 2.25. The predicted octanol–water partition coefficient (Wildman–Crippen LogP) is 4.27. The molecule has 30 heavy (non-hydrogen) atoms. The molecule has 2 aromatic carbocycles. The van der Waals surface area contributed by atoms with Gasteiger partial charge in [0.15, 0.2) is 0 Å². The van der Waals surface area contributed by atoms with E-state index in [9.17, 15) is 4.79 Å². The summed E-state index contributed by atoms with van der Waals surface area (Å²) in [6.07, 6.45) is 1.40. The molecule has 7 nitrogen and oxygen atoms in total. The number of morpholine rings is 1. The van der Waals surface area contributed by atoms with Crippen LogP contribution in [0.4, 0.5) is 22.9 Å². The summed E-state index contributed by atoms with van der Waals surface area (Å²) in [6.45, 7) is 5.03. The maximum absolute atomic E-state index is 12.8. The van der Waals surface area contributed by atoms with Crippen LogP contribution in [0.3, 0.4) is 0 Å². The minimum atomic E-state index is -0.162. The molecule has 1 aliphatic heterocycles. The first kappa shape index (κ1) is 20.1. The maximum Gasteiger partial charge on any atom is 0.255 e. The normalized spacial score (nSPS) is 13.7. The van der Waals surface area contributed by atoms with Gasteiger partial charge >= 0.3 is 0 Å². The summed E-state index contributed by atoms with van der Waals surface area (Å²) in [5.74, 6) is 0.421. The Balaban J connectivity index is 1.49. The van der Waals surface area contributed by atoms with Gasteiger partial charge in [0.25, 0.3) is 5.91 Å². The summed E-state index contributed by atoms with van der Waals surface area (Å²) < 4.78 is 5.41. The molecule has 2 heterocycles. The van der Waals surface area contributed by atoms with Crippen LogP contribution >= 0.6 is 11.6 Å². The van der Waals surface area contributed by atoms with Crippen LogP contribution in [0.2, 0.25) is 5.15 Å². The van der Waals surface area contributed by atoms with Crippen molar-refractivity contribution in [2.45, 2.75) is 6.92 Å². The standard InChI is InChI=1S/C22H22ClN5O2/c1-15-5-6-17(12-19(15)27-21-13-20(23)24-14-25-21)26-22(29)16-3-2-4-18(11-16)28-7-9-30-10-8-28/h2-6,11-14H,7-10H2,1H3,(H,26,29)(H,24,25,27). The molecular formula is C22H22ClN5O2. The van der Waals surface area contributed by atoms with Crippen LogP contribution in [0, 0.1) is 6.92 Å². The number of ether oxygens (including phenoxy) is 1. The maximum atomic E-state index is 12.8. The van der Waals surface area contributed by atoms with E-state index in [1.165, 1.54) is 6.33 Å². The molecule has 0 bridgehead atoms. The average Bonchev–Trinajstić information content (AvgIpc) is 2.77. The minimum Gasteiger partial charge on any atom is -0.378 e. The van der Waals surface area contributed by atoms with Crippen molar-refractivity contribution in [3.63, 3.8) is 0 Å². The van der Waals surface area contributed by atoms with Crippen LogP contribution in [0.5, 0.6) is 0 Å². The first-order valence-electron chi connectivity index (χ1n) is 9.68. The van der Waals surface area contributed by atoms with E-state index in [0.29, 0.717) is 35.4 Å². The molecule has 1 saturated heterocycles. The average molecular weight is 424 g/mol. The van der Waals surface area contributed by atoms with Gasteiger partial charge < -0.3 is 20.3 Å². The third-order valence-corrected chi connectivity index (χ3v) is 5.08. The van der Waals surface area contributed by atoms with E-state index in [0.717, 1.165) is 30.0 Å². The Hall–Kier alpha value is -3.16. The minimum absolute atomic E-state index is 0.162. The molecule has 8 heteroatoms. The number of halogens is 1. The lowest BCUT2D eigenvalue weighted by atomic mass is 10.1. The number of anilines is 4. The molecule has 3 aromatic rings. The fourth-order valence-electron chi connectivity index (χ4n) is 3.24. The van der Waals surface area contributed by atoms with Crippen molar-refractivity contribution in [2.75, 3.05) is 41.8 Å². The van der Waals surface area contributed by atoms with E-state index in [2.05, 4.69) is 25.5 Å². The number of carbonyl (C=O) groups excluding carboxylic acids is 1. The number of rotatable bonds is 5. The summed E-state index contributed by atoms with van der Waals surface area (Å²) in [5.41, 5.74) is 4.15. The largest absolute Gasteiger partial charge is 0.378 e. The number of amides is 1. The van der Waals surface area contributed by atoms with E-state index in [1.807, 2.05) is 49.4 Å². The van der Waals surface area contributed by atoms with Gasteiger partial charge in [-0.15, -0.1) is 0 Å². The highest BCUT2D eigenvalue weighted by atomic mass is 35.5. The number of benzene rings is 2. The predicted molar refractivity (Wildman–Crippen MR) is 119 cm³/mol. The van der Waals surface area contributed by atoms with E-state index < -0.39 is 0 Å². The van der Waals surface area contributed by atoms with Crippen LogP contribution < -0.4 is 15.5 Å². The molecule has 1 aliphatic rings. The van der Waals surface area contributed by atoms with Crippen molar-refractivity contribution in [3.8, 4) is 0 Å². The SMILES string of the molecule is Cc1ccc(NC(=O)c2cccc(N3CCOCC3)c2)cc1Nc1cc(Cl)ncn1. The van der Waals surface area contributed by atoms with Crippen molar-refractivity contribution in [1.82, 2.24) is 9.97 Å². The van der Waals surface area contributed by atoms with Gasteiger partial charge in [0, 0.05) is 41.8 Å². The number of hydrogen-bond donors (Lipinski definition) is 2. The van der Waals surface area contributed by atoms with E-state index >= 15 is 0 Å². The third kappa shape index (κ3) is 4.87. The van der Waals surface area contributed by atoms with Crippen LogP contribution in [0.15, 0.2) is 54.9 Å². The summed E-state index contributed by atoms with van der Waals surface area (Å²) in [7, 11) is 0. The fourth-order valence-corrected chi connectivity index (χ4v) is 3.39. The molecule has 0 saturated carbocycles. The number of nitrogens with one attached hydrogen (secondary N) is 2. The van der Waals surface area contributed by atoms with Crippen molar-refractivity contribution in [2.24, 2.45) is 0 Å². The zero-order chi connectivity index (χ0) is 20.9. The van der Waals surface area contributed by atoms with Gasteiger partial charge in [-0.3, -0.25) is 4.79 Å². The molecular weight excluding hydrogens is 402 g/mol. The monoisotopic (exact) mass is 423 g/mol. The Labute approximate surface area is 180 Å². The number of aryl methyl sites for hydroxylation is 1. The second-order valence-corrected chi connectivity index (χ2v) is 7.37. The number of hydrogen-bond acceptors (Lipinski definition) is 6. The molecule has 2 N–H and O–H groups in total. The smallest absolute Gasteiger partial charge is 0.255 e. The summed E-state index contributed by atoms with van der Waals surface area (Å²) in [5, 5.41) is 6.54. The highest BCUT2D eigenvalue weighted by molar-refractivity contribution is 6.29. The first-order chi connectivity index (χ1) is 14.6. The van der Waals surface area contributed by atoms with Gasteiger partial charge in [-0.05, 0) is 42.8 Å². The van der Waals surface area contributed by atoms with Gasteiger partial charge in [0.1, 0.15) is 17.3 Å². The third-order valence-electron chi connectivity index (χ3n) is 4.88. The van der Waals surface area contributed by atoms with Crippen molar-refractivity contribution >= 4 is 40.4 Å². The van der Waals surface area contributed by atoms with Gasteiger partial charge in [-0.2, -0.15) is 0 Å².